The van der Waals surface area contributed by atoms with Gasteiger partial charge in [0, 0.05) is 37.6 Å². The molecule has 0 spiro atoms. The van der Waals surface area contributed by atoms with Crippen molar-refractivity contribution in [2.24, 2.45) is 0 Å². The molecular formula is C20H22ClN3O6S. The van der Waals surface area contributed by atoms with Crippen LogP contribution < -0.4 is 5.32 Å². The summed E-state index contributed by atoms with van der Waals surface area (Å²) in [6, 6.07) is 8.16. The predicted molar refractivity (Wildman–Crippen MR) is 112 cm³/mol. The monoisotopic (exact) mass is 467 g/mol. The van der Waals surface area contributed by atoms with Crippen LogP contribution in [0.1, 0.15) is 23.9 Å². The first-order chi connectivity index (χ1) is 14.7. The van der Waals surface area contributed by atoms with Crippen LogP contribution in [0.4, 0.5) is 0 Å². The second-order valence-corrected chi connectivity index (χ2v) is 9.36. The van der Waals surface area contributed by atoms with Crippen molar-refractivity contribution in [3.05, 3.63) is 53.4 Å². The topological polar surface area (TPSA) is 117 Å². The van der Waals surface area contributed by atoms with E-state index in [1.807, 2.05) is 0 Å². The summed E-state index contributed by atoms with van der Waals surface area (Å²) >= 11 is 5.84. The molecule has 3 amide bonds. The molecule has 1 atom stereocenters. The molecule has 1 saturated heterocycles. The van der Waals surface area contributed by atoms with Gasteiger partial charge in [0.05, 0.1) is 11.2 Å². The number of hydrogen-bond donors (Lipinski definition) is 1. The number of nitrogens with one attached hydrogen (secondary N) is 1. The lowest BCUT2D eigenvalue weighted by atomic mass is 10.2. The number of sulfone groups is 1. The molecule has 0 aliphatic carbocycles. The molecule has 1 N–H and O–H groups in total. The number of furan rings is 1. The number of carbonyl (C=O) groups is 3. The van der Waals surface area contributed by atoms with Gasteiger partial charge >= 0.3 is 0 Å². The molecule has 1 aliphatic rings. The highest BCUT2D eigenvalue weighted by atomic mass is 35.5. The van der Waals surface area contributed by atoms with Crippen LogP contribution in [0.3, 0.4) is 0 Å². The second-order valence-electron chi connectivity index (χ2n) is 6.89. The minimum atomic E-state index is -4.29. The Morgan fingerprint density at radius 3 is 2.23 bits per heavy atom. The van der Waals surface area contributed by atoms with E-state index in [2.05, 4.69) is 5.32 Å². The molecule has 9 nitrogen and oxygen atoms in total. The Morgan fingerprint density at radius 2 is 1.68 bits per heavy atom. The molecule has 1 aromatic carbocycles. The summed E-state index contributed by atoms with van der Waals surface area (Å²) in [7, 11) is -4.29. The maximum Gasteiger partial charge on any atom is 0.288 e. The number of nitrogens with zero attached hydrogens (tertiary/aromatic N) is 2. The Kier molecular flexibility index (Phi) is 7.01. The van der Waals surface area contributed by atoms with Crippen molar-refractivity contribution in [2.45, 2.75) is 23.6 Å². The number of carbonyl (C=O) groups excluding carboxylic acids is 3. The average Bonchev–Trinajstić information content (AvgIpc) is 3.32. The molecule has 2 heterocycles. The third kappa shape index (κ3) is 5.08. The minimum absolute atomic E-state index is 0.0384. The van der Waals surface area contributed by atoms with Crippen molar-refractivity contribution in [2.75, 3.05) is 26.2 Å². The molecular weight excluding hydrogens is 446 g/mol. The molecule has 31 heavy (non-hydrogen) atoms. The smallest absolute Gasteiger partial charge is 0.288 e. The minimum Gasteiger partial charge on any atom is -0.459 e. The largest absolute Gasteiger partial charge is 0.459 e. The summed E-state index contributed by atoms with van der Waals surface area (Å²) in [4.78, 5) is 40.4. The lowest BCUT2D eigenvalue weighted by Gasteiger charge is -2.36. The third-order valence-corrected chi connectivity index (χ3v) is 7.05. The molecule has 3 rings (SSSR count). The highest BCUT2D eigenvalue weighted by molar-refractivity contribution is 7.92. The van der Waals surface area contributed by atoms with Gasteiger partial charge in [0.1, 0.15) is 0 Å². The molecule has 166 valence electrons. The van der Waals surface area contributed by atoms with Crippen LogP contribution in [0.15, 0.2) is 52.0 Å². The Morgan fingerprint density at radius 1 is 1.06 bits per heavy atom. The maximum absolute atomic E-state index is 13.3. The van der Waals surface area contributed by atoms with Gasteiger partial charge in [-0.05, 0) is 36.4 Å². The maximum atomic E-state index is 13.3. The van der Waals surface area contributed by atoms with Crippen LogP contribution >= 0.6 is 11.6 Å². The van der Waals surface area contributed by atoms with Gasteiger partial charge in [-0.3, -0.25) is 14.4 Å². The summed E-state index contributed by atoms with van der Waals surface area (Å²) in [6.45, 7) is 2.65. The van der Waals surface area contributed by atoms with Gasteiger partial charge in [0.2, 0.25) is 21.1 Å². The van der Waals surface area contributed by atoms with Gasteiger partial charge in [0.25, 0.3) is 11.8 Å². The van der Waals surface area contributed by atoms with E-state index in [-0.39, 0.29) is 42.7 Å². The predicted octanol–water partition coefficient (Wildman–Crippen LogP) is 1.54. The zero-order valence-electron chi connectivity index (χ0n) is 16.8. The molecule has 0 bridgehead atoms. The summed E-state index contributed by atoms with van der Waals surface area (Å²) in [5.41, 5.74) is 0. The molecule has 1 aromatic heterocycles. The van der Waals surface area contributed by atoms with E-state index >= 15 is 0 Å². The summed E-state index contributed by atoms with van der Waals surface area (Å²) in [5, 5.41) is 0.760. The number of hydrogen-bond acceptors (Lipinski definition) is 6. The Balaban J connectivity index is 1.86. The molecule has 0 saturated carbocycles. The van der Waals surface area contributed by atoms with Crippen LogP contribution in [0.25, 0.3) is 0 Å². The van der Waals surface area contributed by atoms with E-state index in [1.165, 1.54) is 47.6 Å². The van der Waals surface area contributed by atoms with E-state index < -0.39 is 27.0 Å². The zero-order chi connectivity index (χ0) is 22.6. The molecule has 0 unspecified atom stereocenters. The fourth-order valence-corrected chi connectivity index (χ4v) is 4.79. The van der Waals surface area contributed by atoms with Gasteiger partial charge in [0.15, 0.2) is 5.76 Å². The summed E-state index contributed by atoms with van der Waals surface area (Å²) < 4.78 is 31.5. The van der Waals surface area contributed by atoms with Crippen LogP contribution in [-0.4, -0.2) is 67.5 Å². The average molecular weight is 468 g/mol. The van der Waals surface area contributed by atoms with E-state index in [0.717, 1.165) is 0 Å². The molecule has 1 aliphatic heterocycles. The fraction of sp³-hybridized carbons (Fsp3) is 0.350. The SMILES string of the molecule is CCC(=O)N1CCN(C(=O)[C@@H](NC(=O)c2ccco2)S(=O)(=O)c2ccc(Cl)cc2)CC1. The summed E-state index contributed by atoms with van der Waals surface area (Å²) in [5.74, 6) is -1.77. The van der Waals surface area contributed by atoms with E-state index in [9.17, 15) is 22.8 Å². The lowest BCUT2D eigenvalue weighted by molar-refractivity contribution is -0.139. The Hall–Kier alpha value is -2.85. The van der Waals surface area contributed by atoms with Crippen LogP contribution in [0, 0.1) is 0 Å². The molecule has 0 radical (unpaired) electrons. The van der Waals surface area contributed by atoms with Crippen molar-refractivity contribution in [1.29, 1.82) is 0 Å². The van der Waals surface area contributed by atoms with Crippen molar-refractivity contribution in [3.63, 3.8) is 0 Å². The lowest BCUT2D eigenvalue weighted by Crippen LogP contribution is -2.57. The van der Waals surface area contributed by atoms with Crippen molar-refractivity contribution < 1.29 is 27.2 Å². The summed E-state index contributed by atoms with van der Waals surface area (Å²) in [6.07, 6.45) is 1.62. The quantitative estimate of drug-likeness (QED) is 0.688. The number of piperazine rings is 1. The van der Waals surface area contributed by atoms with Crippen molar-refractivity contribution >= 4 is 39.2 Å². The van der Waals surface area contributed by atoms with Gasteiger partial charge in [-0.2, -0.15) is 0 Å². The van der Waals surface area contributed by atoms with Crippen LogP contribution in [-0.2, 0) is 19.4 Å². The third-order valence-electron chi connectivity index (χ3n) is 4.93. The Labute approximate surface area is 184 Å². The Bertz CT molecular complexity index is 1050. The fourth-order valence-electron chi connectivity index (χ4n) is 3.20. The normalized spacial score (nSPS) is 15.4. The highest BCUT2D eigenvalue weighted by Crippen LogP contribution is 2.20. The van der Waals surface area contributed by atoms with Gasteiger partial charge in [-0.25, -0.2) is 8.42 Å². The highest BCUT2D eigenvalue weighted by Gasteiger charge is 2.39. The zero-order valence-corrected chi connectivity index (χ0v) is 18.4. The first kappa shape index (κ1) is 22.8. The number of halogens is 1. The number of rotatable bonds is 6. The molecule has 2 aromatic rings. The van der Waals surface area contributed by atoms with E-state index in [4.69, 9.17) is 16.0 Å². The van der Waals surface area contributed by atoms with Crippen LogP contribution in [0.2, 0.25) is 5.02 Å². The number of benzene rings is 1. The molecule has 1 fully saturated rings. The standard InChI is InChI=1S/C20H22ClN3O6S/c1-2-17(25)23-9-11-24(12-10-23)20(27)19(22-18(26)16-4-3-13-30-16)31(28,29)15-7-5-14(21)6-8-15/h3-8,13,19H,2,9-12H2,1H3,(H,22,26)/t19-/m0/s1. The second kappa shape index (κ2) is 9.52. The number of amides is 3. The van der Waals surface area contributed by atoms with E-state index in [1.54, 1.807) is 11.8 Å². The molecule has 11 heteroatoms. The van der Waals surface area contributed by atoms with Crippen LogP contribution in [0.5, 0.6) is 0 Å². The van der Waals surface area contributed by atoms with Gasteiger partial charge in [-0.15, -0.1) is 0 Å². The van der Waals surface area contributed by atoms with Gasteiger partial charge < -0.3 is 19.5 Å². The van der Waals surface area contributed by atoms with E-state index in [0.29, 0.717) is 11.4 Å². The van der Waals surface area contributed by atoms with Gasteiger partial charge in [-0.1, -0.05) is 18.5 Å². The van der Waals surface area contributed by atoms with Crippen molar-refractivity contribution in [3.8, 4) is 0 Å². The first-order valence-corrected chi connectivity index (χ1v) is 11.6. The van der Waals surface area contributed by atoms with Crippen molar-refractivity contribution in [1.82, 2.24) is 15.1 Å². The first-order valence-electron chi connectivity index (χ1n) is 9.64.